The standard InChI is InChI=1S/C17H20N4O2/c1-20-9-7-15(16(20)22)19-17(23)21(2)11-13-5-3-4-12-10-18-8-6-14(12)13/h3-6,8,10,15H,7,9,11H2,1-2H3,(H,19,23). The molecule has 1 saturated heterocycles. The lowest BCUT2D eigenvalue weighted by Crippen LogP contribution is -2.46. The lowest BCUT2D eigenvalue weighted by molar-refractivity contribution is -0.128. The van der Waals surface area contributed by atoms with Gasteiger partial charge in [0.1, 0.15) is 6.04 Å². The lowest BCUT2D eigenvalue weighted by atomic mass is 10.1. The van der Waals surface area contributed by atoms with Crippen LogP contribution in [0.2, 0.25) is 0 Å². The Hall–Kier alpha value is -2.63. The third-order valence-electron chi connectivity index (χ3n) is 4.25. The van der Waals surface area contributed by atoms with Gasteiger partial charge in [-0.2, -0.15) is 0 Å². The highest BCUT2D eigenvalue weighted by atomic mass is 16.2. The van der Waals surface area contributed by atoms with Crippen molar-refractivity contribution >= 4 is 22.7 Å². The van der Waals surface area contributed by atoms with E-state index in [2.05, 4.69) is 10.3 Å². The van der Waals surface area contributed by atoms with Crippen molar-refractivity contribution in [2.24, 2.45) is 0 Å². The minimum absolute atomic E-state index is 0.0250. The average molecular weight is 312 g/mol. The Morgan fingerprint density at radius 1 is 1.43 bits per heavy atom. The summed E-state index contributed by atoms with van der Waals surface area (Å²) in [6, 6.07) is 7.27. The zero-order valence-electron chi connectivity index (χ0n) is 13.3. The number of aromatic nitrogens is 1. The fraction of sp³-hybridized carbons (Fsp3) is 0.353. The van der Waals surface area contributed by atoms with Gasteiger partial charge < -0.3 is 15.1 Å². The molecule has 1 fully saturated rings. The predicted octanol–water partition coefficient (Wildman–Crippen LogP) is 1.61. The molecule has 3 rings (SSSR count). The van der Waals surface area contributed by atoms with Crippen LogP contribution in [0.1, 0.15) is 12.0 Å². The number of rotatable bonds is 3. The van der Waals surface area contributed by atoms with Crippen LogP contribution in [0.5, 0.6) is 0 Å². The zero-order chi connectivity index (χ0) is 16.4. The van der Waals surface area contributed by atoms with Crippen molar-refractivity contribution < 1.29 is 9.59 Å². The van der Waals surface area contributed by atoms with Crippen molar-refractivity contribution in [3.63, 3.8) is 0 Å². The molecule has 0 bridgehead atoms. The minimum Gasteiger partial charge on any atom is -0.344 e. The first-order valence-electron chi connectivity index (χ1n) is 7.64. The van der Waals surface area contributed by atoms with Gasteiger partial charge in [-0.25, -0.2) is 4.79 Å². The van der Waals surface area contributed by atoms with Crippen molar-refractivity contribution in [3.05, 3.63) is 42.2 Å². The molecule has 1 aliphatic rings. The van der Waals surface area contributed by atoms with E-state index in [0.717, 1.165) is 16.3 Å². The summed E-state index contributed by atoms with van der Waals surface area (Å²) in [6.07, 6.45) is 4.22. The Balaban J connectivity index is 1.69. The van der Waals surface area contributed by atoms with Crippen molar-refractivity contribution in [3.8, 4) is 0 Å². The molecule has 2 heterocycles. The smallest absolute Gasteiger partial charge is 0.318 e. The summed E-state index contributed by atoms with van der Waals surface area (Å²) >= 11 is 0. The molecule has 6 heteroatoms. The second-order valence-corrected chi connectivity index (χ2v) is 5.92. The van der Waals surface area contributed by atoms with Crippen LogP contribution in [0.3, 0.4) is 0 Å². The number of urea groups is 1. The molecule has 0 spiro atoms. The normalized spacial score (nSPS) is 17.6. The Morgan fingerprint density at radius 3 is 3.00 bits per heavy atom. The molecule has 1 aromatic heterocycles. The maximum atomic E-state index is 12.3. The first-order chi connectivity index (χ1) is 11.1. The summed E-state index contributed by atoms with van der Waals surface area (Å²) < 4.78 is 0. The van der Waals surface area contributed by atoms with Crippen molar-refractivity contribution in [2.45, 2.75) is 19.0 Å². The van der Waals surface area contributed by atoms with Gasteiger partial charge in [-0.1, -0.05) is 18.2 Å². The average Bonchev–Trinajstić information content (AvgIpc) is 2.87. The van der Waals surface area contributed by atoms with Gasteiger partial charge in [0, 0.05) is 45.0 Å². The minimum atomic E-state index is -0.410. The molecule has 1 N–H and O–H groups in total. The Kier molecular flexibility index (Phi) is 4.14. The molecule has 23 heavy (non-hydrogen) atoms. The number of carbonyl (C=O) groups excluding carboxylic acids is 2. The lowest BCUT2D eigenvalue weighted by Gasteiger charge is -2.21. The van der Waals surface area contributed by atoms with Crippen LogP contribution >= 0.6 is 0 Å². The van der Waals surface area contributed by atoms with Crippen LogP contribution in [-0.4, -0.2) is 53.4 Å². The van der Waals surface area contributed by atoms with Crippen LogP contribution in [0.4, 0.5) is 4.79 Å². The summed E-state index contributed by atoms with van der Waals surface area (Å²) in [5.41, 5.74) is 1.05. The van der Waals surface area contributed by atoms with Gasteiger partial charge >= 0.3 is 6.03 Å². The van der Waals surface area contributed by atoms with Crippen molar-refractivity contribution in [1.82, 2.24) is 20.1 Å². The molecule has 1 atom stereocenters. The number of hydrogen-bond donors (Lipinski definition) is 1. The second kappa shape index (κ2) is 6.24. The maximum absolute atomic E-state index is 12.3. The molecule has 1 aromatic carbocycles. The third-order valence-corrected chi connectivity index (χ3v) is 4.25. The van der Waals surface area contributed by atoms with Gasteiger partial charge in [-0.3, -0.25) is 9.78 Å². The molecule has 120 valence electrons. The summed E-state index contributed by atoms with van der Waals surface area (Å²) in [5.74, 6) is -0.0250. The van der Waals surface area contributed by atoms with Crippen molar-refractivity contribution in [1.29, 1.82) is 0 Å². The molecule has 0 radical (unpaired) electrons. The number of nitrogens with one attached hydrogen (secondary N) is 1. The van der Waals surface area contributed by atoms with E-state index in [1.165, 1.54) is 0 Å². The zero-order valence-corrected chi connectivity index (χ0v) is 13.3. The number of pyridine rings is 1. The van der Waals surface area contributed by atoms with Gasteiger partial charge in [0.25, 0.3) is 0 Å². The number of amides is 3. The van der Waals surface area contributed by atoms with Gasteiger partial charge in [-0.15, -0.1) is 0 Å². The first kappa shape index (κ1) is 15.3. The van der Waals surface area contributed by atoms with E-state index in [9.17, 15) is 9.59 Å². The summed E-state index contributed by atoms with van der Waals surface area (Å²) in [5, 5.41) is 4.94. The van der Waals surface area contributed by atoms with Gasteiger partial charge in [0.2, 0.25) is 5.91 Å². The topological polar surface area (TPSA) is 65.5 Å². The number of carbonyl (C=O) groups is 2. The van der Waals surface area contributed by atoms with Gasteiger partial charge in [0.15, 0.2) is 0 Å². The van der Waals surface area contributed by atoms with Crippen LogP contribution < -0.4 is 5.32 Å². The van der Waals surface area contributed by atoms with E-state index in [0.29, 0.717) is 19.5 Å². The summed E-state index contributed by atoms with van der Waals surface area (Å²) in [7, 11) is 3.49. The number of fused-ring (bicyclic) bond motifs is 1. The predicted molar refractivity (Wildman–Crippen MR) is 87.8 cm³/mol. The quantitative estimate of drug-likeness (QED) is 0.936. The van der Waals surface area contributed by atoms with Crippen molar-refractivity contribution in [2.75, 3.05) is 20.6 Å². The van der Waals surface area contributed by atoms with E-state index in [1.54, 1.807) is 30.1 Å². The van der Waals surface area contributed by atoms with Crippen LogP contribution in [0, 0.1) is 0 Å². The maximum Gasteiger partial charge on any atom is 0.318 e. The first-order valence-corrected chi connectivity index (χ1v) is 7.64. The summed E-state index contributed by atoms with van der Waals surface area (Å²) in [4.78, 5) is 31.6. The van der Waals surface area contributed by atoms with E-state index in [1.807, 2.05) is 30.5 Å². The molecule has 2 aromatic rings. The SMILES string of the molecule is CN(Cc1cccc2cnccc12)C(=O)NC1CCN(C)C1=O. The van der Waals surface area contributed by atoms with Crippen LogP contribution in [0.15, 0.2) is 36.7 Å². The molecule has 3 amide bonds. The fourth-order valence-electron chi connectivity index (χ4n) is 2.87. The number of likely N-dealkylation sites (tertiary alicyclic amines) is 1. The van der Waals surface area contributed by atoms with E-state index in [-0.39, 0.29) is 11.9 Å². The van der Waals surface area contributed by atoms with Gasteiger partial charge in [0.05, 0.1) is 0 Å². The highest BCUT2D eigenvalue weighted by Crippen LogP contribution is 2.19. The molecule has 1 aliphatic heterocycles. The molecule has 6 nitrogen and oxygen atoms in total. The fourth-order valence-corrected chi connectivity index (χ4v) is 2.87. The van der Waals surface area contributed by atoms with Crippen LogP contribution in [-0.2, 0) is 11.3 Å². The third kappa shape index (κ3) is 3.11. The molecule has 1 unspecified atom stereocenters. The Bertz CT molecular complexity index is 741. The Morgan fingerprint density at radius 2 is 2.26 bits per heavy atom. The number of nitrogens with zero attached hydrogens (tertiary/aromatic N) is 3. The summed E-state index contributed by atoms with van der Waals surface area (Å²) in [6.45, 7) is 1.16. The van der Waals surface area contributed by atoms with E-state index >= 15 is 0 Å². The highest BCUT2D eigenvalue weighted by Gasteiger charge is 2.30. The monoisotopic (exact) mass is 312 g/mol. The molecule has 0 saturated carbocycles. The molecular weight excluding hydrogens is 292 g/mol. The number of benzene rings is 1. The van der Waals surface area contributed by atoms with Gasteiger partial charge in [-0.05, 0) is 23.4 Å². The largest absolute Gasteiger partial charge is 0.344 e. The van der Waals surface area contributed by atoms with E-state index < -0.39 is 6.04 Å². The second-order valence-electron chi connectivity index (χ2n) is 5.92. The number of hydrogen-bond acceptors (Lipinski definition) is 3. The van der Waals surface area contributed by atoms with Crippen LogP contribution in [0.25, 0.3) is 10.8 Å². The highest BCUT2D eigenvalue weighted by molar-refractivity contribution is 5.89. The molecule has 0 aliphatic carbocycles. The number of likely N-dealkylation sites (N-methyl/N-ethyl adjacent to an activating group) is 1. The molecular formula is C17H20N4O2. The Labute approximate surface area is 135 Å². The van der Waals surface area contributed by atoms with E-state index in [4.69, 9.17) is 0 Å².